The SMILES string of the molecule is Cn1c(Cn2cccn2)nnc1[C@H]1CCCN(c2cc(C(N)=O)ccn2)C1. The maximum Gasteiger partial charge on any atom is 0.248 e. The van der Waals surface area contributed by atoms with Crippen molar-refractivity contribution < 1.29 is 4.79 Å². The predicted octanol–water partition coefficient (Wildman–Crippen LogP) is 0.938. The Morgan fingerprint density at radius 2 is 2.22 bits per heavy atom. The molecule has 0 unspecified atom stereocenters. The molecular weight excluding hydrogens is 344 g/mol. The van der Waals surface area contributed by atoms with Crippen LogP contribution < -0.4 is 10.6 Å². The molecule has 0 radical (unpaired) electrons. The summed E-state index contributed by atoms with van der Waals surface area (Å²) >= 11 is 0. The summed E-state index contributed by atoms with van der Waals surface area (Å²) in [4.78, 5) is 18.0. The molecule has 4 heterocycles. The Bertz CT molecular complexity index is 933. The number of carbonyl (C=O) groups is 1. The summed E-state index contributed by atoms with van der Waals surface area (Å²) in [5, 5.41) is 13.0. The third-order valence-electron chi connectivity index (χ3n) is 5.00. The Hall–Kier alpha value is -3.23. The molecular formula is C18H22N8O. The Kier molecular flexibility index (Phi) is 4.57. The van der Waals surface area contributed by atoms with Gasteiger partial charge in [0.25, 0.3) is 0 Å². The smallest absolute Gasteiger partial charge is 0.248 e. The molecule has 1 aliphatic heterocycles. The lowest BCUT2D eigenvalue weighted by Gasteiger charge is -2.33. The number of piperidine rings is 1. The average Bonchev–Trinajstić information content (AvgIpc) is 3.33. The van der Waals surface area contributed by atoms with E-state index in [9.17, 15) is 4.79 Å². The van der Waals surface area contributed by atoms with E-state index < -0.39 is 5.91 Å². The van der Waals surface area contributed by atoms with Crippen LogP contribution in [0.15, 0.2) is 36.8 Å². The van der Waals surface area contributed by atoms with E-state index in [0.29, 0.717) is 12.1 Å². The minimum atomic E-state index is -0.441. The quantitative estimate of drug-likeness (QED) is 0.720. The van der Waals surface area contributed by atoms with Gasteiger partial charge in [-0.3, -0.25) is 9.48 Å². The molecule has 0 spiro atoms. The predicted molar refractivity (Wildman–Crippen MR) is 99.3 cm³/mol. The van der Waals surface area contributed by atoms with Crippen LogP contribution in [0.25, 0.3) is 0 Å². The lowest BCUT2D eigenvalue weighted by molar-refractivity contribution is 0.1000. The number of rotatable bonds is 5. The van der Waals surface area contributed by atoms with Gasteiger partial charge in [-0.2, -0.15) is 5.10 Å². The lowest BCUT2D eigenvalue weighted by atomic mass is 9.97. The third kappa shape index (κ3) is 3.53. The summed E-state index contributed by atoms with van der Waals surface area (Å²) < 4.78 is 3.89. The van der Waals surface area contributed by atoms with Gasteiger partial charge < -0.3 is 15.2 Å². The molecule has 3 aromatic rings. The van der Waals surface area contributed by atoms with E-state index in [2.05, 4.69) is 29.7 Å². The summed E-state index contributed by atoms with van der Waals surface area (Å²) in [6.07, 6.45) is 7.36. The van der Waals surface area contributed by atoms with Gasteiger partial charge in [-0.05, 0) is 31.0 Å². The van der Waals surface area contributed by atoms with Gasteiger partial charge in [-0.15, -0.1) is 10.2 Å². The summed E-state index contributed by atoms with van der Waals surface area (Å²) in [5.41, 5.74) is 5.87. The Labute approximate surface area is 156 Å². The number of aromatic nitrogens is 6. The fourth-order valence-electron chi connectivity index (χ4n) is 3.55. The minimum absolute atomic E-state index is 0.252. The Morgan fingerprint density at radius 1 is 1.33 bits per heavy atom. The number of pyridine rings is 1. The van der Waals surface area contributed by atoms with Crippen LogP contribution >= 0.6 is 0 Å². The van der Waals surface area contributed by atoms with Crippen LogP contribution in [0.3, 0.4) is 0 Å². The van der Waals surface area contributed by atoms with Crippen LogP contribution in [-0.4, -0.2) is 48.5 Å². The number of nitrogens with zero attached hydrogens (tertiary/aromatic N) is 7. The second kappa shape index (κ2) is 7.18. The highest BCUT2D eigenvalue weighted by molar-refractivity contribution is 5.93. The highest BCUT2D eigenvalue weighted by Gasteiger charge is 2.27. The number of anilines is 1. The standard InChI is InChI=1S/C18H22N8O/c1-24-16(12-26-9-3-6-21-26)22-23-18(24)14-4-2-8-25(11-14)15-10-13(17(19)27)5-7-20-15/h3,5-7,9-10,14H,2,4,8,11-12H2,1H3,(H2,19,27)/t14-/m0/s1. The molecule has 4 rings (SSSR count). The van der Waals surface area contributed by atoms with Crippen LogP contribution in [0.4, 0.5) is 5.82 Å². The zero-order chi connectivity index (χ0) is 18.8. The summed E-state index contributed by atoms with van der Waals surface area (Å²) in [5.74, 6) is 2.42. The van der Waals surface area contributed by atoms with Gasteiger partial charge in [0.15, 0.2) is 5.82 Å². The van der Waals surface area contributed by atoms with Gasteiger partial charge in [0.1, 0.15) is 18.2 Å². The average molecular weight is 366 g/mol. The first kappa shape index (κ1) is 17.2. The van der Waals surface area contributed by atoms with E-state index in [1.165, 1.54) is 0 Å². The first-order chi connectivity index (χ1) is 13.1. The van der Waals surface area contributed by atoms with E-state index in [0.717, 1.165) is 43.4 Å². The summed E-state index contributed by atoms with van der Waals surface area (Å²) in [6.45, 7) is 2.27. The van der Waals surface area contributed by atoms with Gasteiger partial charge in [0.05, 0.1) is 0 Å². The van der Waals surface area contributed by atoms with Crippen LogP contribution in [0, 0.1) is 0 Å². The molecule has 0 bridgehead atoms. The first-order valence-corrected chi connectivity index (χ1v) is 8.98. The molecule has 3 aromatic heterocycles. The molecule has 1 aliphatic rings. The van der Waals surface area contributed by atoms with E-state index in [4.69, 9.17) is 5.73 Å². The van der Waals surface area contributed by atoms with Crippen LogP contribution in [0.1, 0.15) is 40.8 Å². The van der Waals surface area contributed by atoms with Gasteiger partial charge in [-0.1, -0.05) is 0 Å². The number of nitrogens with two attached hydrogens (primary N) is 1. The van der Waals surface area contributed by atoms with Crippen molar-refractivity contribution in [2.24, 2.45) is 12.8 Å². The van der Waals surface area contributed by atoms with E-state index in [-0.39, 0.29) is 5.92 Å². The highest BCUT2D eigenvalue weighted by Crippen LogP contribution is 2.28. The Morgan fingerprint density at radius 3 is 3.00 bits per heavy atom. The highest BCUT2D eigenvalue weighted by atomic mass is 16.1. The summed E-state index contributed by atoms with van der Waals surface area (Å²) in [6, 6.07) is 5.28. The number of amides is 1. The van der Waals surface area contributed by atoms with Crippen molar-refractivity contribution in [2.75, 3.05) is 18.0 Å². The molecule has 9 heteroatoms. The number of carbonyl (C=O) groups excluding carboxylic acids is 1. The van der Waals surface area contributed by atoms with Gasteiger partial charge in [-0.25, -0.2) is 4.98 Å². The topological polar surface area (TPSA) is 108 Å². The molecule has 0 saturated carbocycles. The van der Waals surface area contributed by atoms with E-state index >= 15 is 0 Å². The minimum Gasteiger partial charge on any atom is -0.366 e. The van der Waals surface area contributed by atoms with Crippen molar-refractivity contribution in [2.45, 2.75) is 25.3 Å². The molecule has 0 aromatic carbocycles. The molecule has 140 valence electrons. The molecule has 1 saturated heterocycles. The largest absolute Gasteiger partial charge is 0.366 e. The number of primary amides is 1. The lowest BCUT2D eigenvalue weighted by Crippen LogP contribution is -2.36. The molecule has 9 nitrogen and oxygen atoms in total. The molecule has 0 aliphatic carbocycles. The summed E-state index contributed by atoms with van der Waals surface area (Å²) in [7, 11) is 2.00. The van der Waals surface area contributed by atoms with E-state index in [1.54, 1.807) is 24.5 Å². The van der Waals surface area contributed by atoms with Crippen molar-refractivity contribution in [3.63, 3.8) is 0 Å². The van der Waals surface area contributed by atoms with Crippen molar-refractivity contribution in [1.29, 1.82) is 0 Å². The second-order valence-corrected chi connectivity index (χ2v) is 6.79. The number of hydrogen-bond donors (Lipinski definition) is 1. The normalized spacial score (nSPS) is 17.2. The van der Waals surface area contributed by atoms with Crippen molar-refractivity contribution in [3.05, 3.63) is 54.0 Å². The number of hydrogen-bond acceptors (Lipinski definition) is 6. The van der Waals surface area contributed by atoms with Crippen molar-refractivity contribution in [1.82, 2.24) is 29.5 Å². The van der Waals surface area contributed by atoms with Crippen LogP contribution in [0.5, 0.6) is 0 Å². The maximum absolute atomic E-state index is 11.4. The third-order valence-corrected chi connectivity index (χ3v) is 5.00. The first-order valence-electron chi connectivity index (χ1n) is 8.98. The molecule has 1 fully saturated rings. The molecule has 27 heavy (non-hydrogen) atoms. The Balaban J connectivity index is 1.52. The fraction of sp³-hybridized carbons (Fsp3) is 0.389. The van der Waals surface area contributed by atoms with Gasteiger partial charge >= 0.3 is 0 Å². The van der Waals surface area contributed by atoms with Gasteiger partial charge in [0, 0.05) is 50.2 Å². The van der Waals surface area contributed by atoms with Gasteiger partial charge in [0.2, 0.25) is 5.91 Å². The maximum atomic E-state index is 11.4. The molecule has 1 amide bonds. The zero-order valence-corrected chi connectivity index (χ0v) is 15.2. The molecule has 2 N–H and O–H groups in total. The zero-order valence-electron chi connectivity index (χ0n) is 15.2. The monoisotopic (exact) mass is 366 g/mol. The van der Waals surface area contributed by atoms with Crippen molar-refractivity contribution >= 4 is 11.7 Å². The van der Waals surface area contributed by atoms with E-state index in [1.807, 2.05) is 24.0 Å². The molecule has 1 atom stereocenters. The van der Waals surface area contributed by atoms with Crippen molar-refractivity contribution in [3.8, 4) is 0 Å². The fourth-order valence-corrected chi connectivity index (χ4v) is 3.55. The van der Waals surface area contributed by atoms with Crippen LogP contribution in [0.2, 0.25) is 0 Å². The van der Waals surface area contributed by atoms with Crippen LogP contribution in [-0.2, 0) is 13.6 Å². The second-order valence-electron chi connectivity index (χ2n) is 6.79.